The van der Waals surface area contributed by atoms with Gasteiger partial charge in [0.05, 0.1) is 25.6 Å². The van der Waals surface area contributed by atoms with Crippen LogP contribution in [-0.2, 0) is 0 Å². The summed E-state index contributed by atoms with van der Waals surface area (Å²) >= 11 is 0. The number of phenolic OH excluding ortho intramolecular Hbond substituents is 1. The van der Waals surface area contributed by atoms with Crippen LogP contribution in [0, 0.1) is 0 Å². The molecule has 0 fully saturated rings. The number of ether oxygens (including phenoxy) is 2. The molecule has 1 amide bonds. The van der Waals surface area contributed by atoms with Crippen LogP contribution in [0.15, 0.2) is 65.8 Å². The molecule has 0 spiro atoms. The first-order valence-electron chi connectivity index (χ1n) is 10.0. The average Bonchev–Trinajstić information content (AvgIpc) is 3.31. The minimum absolute atomic E-state index is 0.0787. The molecule has 32 heavy (non-hydrogen) atoms. The Morgan fingerprint density at radius 2 is 2.00 bits per heavy atom. The Morgan fingerprint density at radius 1 is 1.16 bits per heavy atom. The van der Waals surface area contributed by atoms with E-state index in [0.29, 0.717) is 29.4 Å². The molecule has 3 N–H and O–H groups in total. The van der Waals surface area contributed by atoms with Gasteiger partial charge in [-0.05, 0) is 48.0 Å². The second kappa shape index (κ2) is 9.22. The standard InChI is InChI=1S/C24H22N4O4/c1-3-32-22-11-9-16(12-23(22)31-2)19-13-20(27-26-19)24(30)28-25-14-18-17-7-5-4-6-15(17)8-10-21(18)29/h4-14,29H,3H2,1-2H3,(H,26,27)(H,28,30). The van der Waals surface area contributed by atoms with E-state index >= 15 is 0 Å². The van der Waals surface area contributed by atoms with Gasteiger partial charge in [-0.1, -0.05) is 30.3 Å². The van der Waals surface area contributed by atoms with E-state index in [1.807, 2.05) is 43.3 Å². The lowest BCUT2D eigenvalue weighted by Gasteiger charge is -2.09. The van der Waals surface area contributed by atoms with E-state index in [1.54, 1.807) is 31.4 Å². The predicted molar refractivity (Wildman–Crippen MR) is 122 cm³/mol. The summed E-state index contributed by atoms with van der Waals surface area (Å²) in [6.45, 7) is 2.43. The van der Waals surface area contributed by atoms with E-state index in [1.165, 1.54) is 6.21 Å². The summed E-state index contributed by atoms with van der Waals surface area (Å²) in [6, 6.07) is 18.1. The van der Waals surface area contributed by atoms with Crippen molar-refractivity contribution in [2.45, 2.75) is 6.92 Å². The molecule has 4 rings (SSSR count). The van der Waals surface area contributed by atoms with E-state index < -0.39 is 5.91 Å². The molecule has 8 heteroatoms. The summed E-state index contributed by atoms with van der Waals surface area (Å²) in [4.78, 5) is 12.5. The molecule has 0 aliphatic carbocycles. The number of nitrogens with one attached hydrogen (secondary N) is 2. The molecule has 0 aliphatic rings. The number of aromatic nitrogens is 2. The van der Waals surface area contributed by atoms with Gasteiger partial charge in [-0.2, -0.15) is 10.2 Å². The van der Waals surface area contributed by atoms with Crippen LogP contribution in [0.5, 0.6) is 17.2 Å². The van der Waals surface area contributed by atoms with Gasteiger partial charge in [-0.25, -0.2) is 5.43 Å². The summed E-state index contributed by atoms with van der Waals surface area (Å²) in [5.41, 5.74) is 4.57. The molecule has 1 aromatic heterocycles. The summed E-state index contributed by atoms with van der Waals surface area (Å²) < 4.78 is 10.9. The van der Waals surface area contributed by atoms with Crippen molar-refractivity contribution >= 4 is 22.9 Å². The fourth-order valence-corrected chi connectivity index (χ4v) is 3.32. The normalized spacial score (nSPS) is 11.1. The highest BCUT2D eigenvalue weighted by molar-refractivity contribution is 6.03. The molecule has 0 atom stereocenters. The fraction of sp³-hybridized carbons (Fsp3) is 0.125. The number of hydrazone groups is 1. The summed E-state index contributed by atoms with van der Waals surface area (Å²) in [6.07, 6.45) is 1.42. The van der Waals surface area contributed by atoms with Crippen molar-refractivity contribution in [3.05, 3.63) is 71.9 Å². The third-order valence-electron chi connectivity index (χ3n) is 4.89. The maximum Gasteiger partial charge on any atom is 0.289 e. The molecule has 1 heterocycles. The number of methoxy groups -OCH3 is 1. The van der Waals surface area contributed by atoms with Crippen molar-refractivity contribution in [3.8, 4) is 28.5 Å². The number of phenols is 1. The van der Waals surface area contributed by atoms with E-state index in [0.717, 1.165) is 16.3 Å². The summed E-state index contributed by atoms with van der Waals surface area (Å²) in [7, 11) is 1.57. The SMILES string of the molecule is CCOc1ccc(-c2cc(C(=O)NN=Cc3c(O)ccc4ccccc34)[nH]n2)cc1OC. The van der Waals surface area contributed by atoms with Gasteiger partial charge in [-0.15, -0.1) is 0 Å². The molecule has 4 aromatic rings. The Hall–Kier alpha value is -4.33. The lowest BCUT2D eigenvalue weighted by Crippen LogP contribution is -2.18. The number of benzene rings is 3. The highest BCUT2D eigenvalue weighted by Crippen LogP contribution is 2.32. The Morgan fingerprint density at radius 3 is 2.81 bits per heavy atom. The van der Waals surface area contributed by atoms with Crippen LogP contribution in [0.3, 0.4) is 0 Å². The highest BCUT2D eigenvalue weighted by atomic mass is 16.5. The number of aromatic amines is 1. The van der Waals surface area contributed by atoms with Crippen LogP contribution < -0.4 is 14.9 Å². The largest absolute Gasteiger partial charge is 0.507 e. The Balaban J connectivity index is 1.50. The van der Waals surface area contributed by atoms with Crippen LogP contribution in [0.2, 0.25) is 0 Å². The maximum absolute atomic E-state index is 12.5. The van der Waals surface area contributed by atoms with Gasteiger partial charge in [0.1, 0.15) is 11.4 Å². The molecular formula is C24H22N4O4. The molecule has 0 radical (unpaired) electrons. The number of carbonyl (C=O) groups excluding carboxylic acids is 1. The van der Waals surface area contributed by atoms with Gasteiger partial charge in [0.2, 0.25) is 0 Å². The molecule has 0 saturated carbocycles. The summed E-state index contributed by atoms with van der Waals surface area (Å²) in [5.74, 6) is 0.837. The van der Waals surface area contributed by atoms with Crippen LogP contribution >= 0.6 is 0 Å². The lowest BCUT2D eigenvalue weighted by atomic mass is 10.0. The predicted octanol–water partition coefficient (Wildman–Crippen LogP) is 4.11. The quantitative estimate of drug-likeness (QED) is 0.302. The van der Waals surface area contributed by atoms with Crippen LogP contribution in [0.4, 0.5) is 0 Å². The smallest absolute Gasteiger partial charge is 0.289 e. The Kier molecular flexibility index (Phi) is 6.03. The molecule has 0 aliphatic heterocycles. The molecule has 8 nitrogen and oxygen atoms in total. The zero-order valence-electron chi connectivity index (χ0n) is 17.6. The molecular weight excluding hydrogens is 408 g/mol. The number of hydrogen-bond donors (Lipinski definition) is 3. The van der Waals surface area contributed by atoms with Crippen molar-refractivity contribution < 1.29 is 19.4 Å². The van der Waals surface area contributed by atoms with E-state index in [4.69, 9.17) is 9.47 Å². The van der Waals surface area contributed by atoms with E-state index in [9.17, 15) is 9.90 Å². The van der Waals surface area contributed by atoms with Crippen molar-refractivity contribution in [2.24, 2.45) is 5.10 Å². The molecule has 162 valence electrons. The van der Waals surface area contributed by atoms with Crippen LogP contribution in [-0.4, -0.2) is 41.1 Å². The van der Waals surface area contributed by atoms with Gasteiger partial charge in [0, 0.05) is 11.1 Å². The fourth-order valence-electron chi connectivity index (χ4n) is 3.32. The average molecular weight is 430 g/mol. The number of H-pyrrole nitrogens is 1. The van der Waals surface area contributed by atoms with Gasteiger partial charge in [0.15, 0.2) is 11.5 Å². The van der Waals surface area contributed by atoms with Crippen molar-refractivity contribution in [1.82, 2.24) is 15.6 Å². The number of nitrogens with zero attached hydrogens (tertiary/aromatic N) is 2. The van der Waals surface area contributed by atoms with E-state index in [2.05, 4.69) is 20.7 Å². The van der Waals surface area contributed by atoms with Crippen LogP contribution in [0.25, 0.3) is 22.0 Å². The number of hydrogen-bond acceptors (Lipinski definition) is 6. The van der Waals surface area contributed by atoms with Crippen LogP contribution in [0.1, 0.15) is 23.0 Å². The molecule has 0 saturated heterocycles. The van der Waals surface area contributed by atoms with Crippen molar-refractivity contribution in [2.75, 3.05) is 13.7 Å². The van der Waals surface area contributed by atoms with Gasteiger partial charge in [-0.3, -0.25) is 9.89 Å². The zero-order chi connectivity index (χ0) is 22.5. The molecule has 0 bridgehead atoms. The van der Waals surface area contributed by atoms with Gasteiger partial charge >= 0.3 is 0 Å². The minimum atomic E-state index is -0.461. The maximum atomic E-state index is 12.5. The number of rotatable bonds is 7. The van der Waals surface area contributed by atoms with Gasteiger partial charge in [0.25, 0.3) is 5.91 Å². The molecule has 0 unspecified atom stereocenters. The Bertz CT molecular complexity index is 1300. The highest BCUT2D eigenvalue weighted by Gasteiger charge is 2.13. The number of aromatic hydroxyl groups is 1. The van der Waals surface area contributed by atoms with Crippen molar-refractivity contribution in [3.63, 3.8) is 0 Å². The van der Waals surface area contributed by atoms with E-state index in [-0.39, 0.29) is 11.4 Å². The number of fused-ring (bicyclic) bond motifs is 1. The number of carbonyl (C=O) groups is 1. The monoisotopic (exact) mass is 430 g/mol. The Labute approximate surface area is 184 Å². The zero-order valence-corrected chi connectivity index (χ0v) is 17.6. The number of amides is 1. The topological polar surface area (TPSA) is 109 Å². The first kappa shape index (κ1) is 20.9. The first-order valence-corrected chi connectivity index (χ1v) is 10.0. The second-order valence-electron chi connectivity index (χ2n) is 6.88. The van der Waals surface area contributed by atoms with Gasteiger partial charge < -0.3 is 14.6 Å². The first-order chi connectivity index (χ1) is 15.6. The second-order valence-corrected chi connectivity index (χ2v) is 6.88. The third kappa shape index (κ3) is 4.24. The minimum Gasteiger partial charge on any atom is -0.507 e. The third-order valence-corrected chi connectivity index (χ3v) is 4.89. The summed E-state index contributed by atoms with van der Waals surface area (Å²) in [5, 5.41) is 22.9. The van der Waals surface area contributed by atoms with Crippen molar-refractivity contribution in [1.29, 1.82) is 0 Å². The lowest BCUT2D eigenvalue weighted by molar-refractivity contribution is 0.0950. The molecule has 3 aromatic carbocycles.